The highest BCUT2D eigenvalue weighted by Gasteiger charge is 2.13. The van der Waals surface area contributed by atoms with Gasteiger partial charge in [0, 0.05) is 12.7 Å². The summed E-state index contributed by atoms with van der Waals surface area (Å²) in [7, 11) is 1.31. The maximum Gasteiger partial charge on any atom is 0.339 e. The van der Waals surface area contributed by atoms with Crippen LogP contribution >= 0.6 is 0 Å². The summed E-state index contributed by atoms with van der Waals surface area (Å²) in [6, 6.07) is 16.2. The zero-order valence-corrected chi connectivity index (χ0v) is 15.6. The number of aryl methyl sites for hydroxylation is 1. The number of esters is 1. The van der Waals surface area contributed by atoms with Gasteiger partial charge in [0.15, 0.2) is 0 Å². The zero-order valence-electron chi connectivity index (χ0n) is 15.6. The molecular weight excluding hydrogens is 356 g/mol. The molecule has 0 saturated heterocycles. The third-order valence-corrected chi connectivity index (χ3v) is 4.17. The summed E-state index contributed by atoms with van der Waals surface area (Å²) in [6.45, 7) is 2.40. The van der Waals surface area contributed by atoms with E-state index < -0.39 is 5.97 Å². The Labute approximate surface area is 162 Å². The first-order chi connectivity index (χ1) is 13.6. The van der Waals surface area contributed by atoms with Gasteiger partial charge < -0.3 is 15.4 Å². The summed E-state index contributed by atoms with van der Waals surface area (Å²) < 4.78 is 4.78. The van der Waals surface area contributed by atoms with Crippen molar-refractivity contribution in [2.45, 2.75) is 13.5 Å². The Balaban J connectivity index is 1.73. The highest BCUT2D eigenvalue weighted by atomic mass is 16.5. The molecule has 0 unspecified atom stereocenters. The first-order valence-electron chi connectivity index (χ1n) is 8.68. The molecule has 0 aliphatic heterocycles. The Hall–Kier alpha value is -3.74. The molecule has 1 heterocycles. The fourth-order valence-electron chi connectivity index (χ4n) is 2.62. The van der Waals surface area contributed by atoms with Crippen molar-refractivity contribution in [2.75, 3.05) is 12.4 Å². The second kappa shape index (κ2) is 8.77. The van der Waals surface area contributed by atoms with E-state index in [9.17, 15) is 9.59 Å². The van der Waals surface area contributed by atoms with E-state index in [2.05, 4.69) is 20.6 Å². The minimum atomic E-state index is -0.477. The highest BCUT2D eigenvalue weighted by Crippen LogP contribution is 2.19. The predicted molar refractivity (Wildman–Crippen MR) is 105 cm³/mol. The molecule has 142 valence electrons. The SMILES string of the molecule is COC(=O)c1ccccc1Nc1nccc(C(=O)NCc2ccccc2C)n1. The monoisotopic (exact) mass is 376 g/mol. The molecule has 2 N–H and O–H groups in total. The molecule has 0 saturated carbocycles. The largest absolute Gasteiger partial charge is 0.465 e. The van der Waals surface area contributed by atoms with E-state index in [4.69, 9.17) is 4.74 Å². The van der Waals surface area contributed by atoms with Crippen LogP contribution in [0.2, 0.25) is 0 Å². The highest BCUT2D eigenvalue weighted by molar-refractivity contribution is 5.96. The van der Waals surface area contributed by atoms with Crippen molar-refractivity contribution in [2.24, 2.45) is 0 Å². The smallest absolute Gasteiger partial charge is 0.339 e. The Kier molecular flexibility index (Phi) is 5.96. The third kappa shape index (κ3) is 4.50. The van der Waals surface area contributed by atoms with Crippen LogP contribution in [0.1, 0.15) is 32.0 Å². The number of aromatic nitrogens is 2. The summed E-state index contributed by atoms with van der Waals surface area (Å²) in [6.07, 6.45) is 1.48. The molecule has 0 aliphatic carbocycles. The van der Waals surface area contributed by atoms with E-state index in [1.165, 1.54) is 19.4 Å². The van der Waals surface area contributed by atoms with Crippen LogP contribution in [-0.4, -0.2) is 29.0 Å². The van der Waals surface area contributed by atoms with E-state index in [0.717, 1.165) is 11.1 Å². The van der Waals surface area contributed by atoms with Crippen LogP contribution < -0.4 is 10.6 Å². The molecule has 7 nitrogen and oxygen atoms in total. The fraction of sp³-hybridized carbons (Fsp3) is 0.143. The number of benzene rings is 2. The Morgan fingerprint density at radius 3 is 2.57 bits per heavy atom. The summed E-state index contributed by atoms with van der Waals surface area (Å²) in [4.78, 5) is 32.7. The molecule has 0 atom stereocenters. The molecule has 3 rings (SSSR count). The number of hydrogen-bond donors (Lipinski definition) is 2. The predicted octanol–water partition coefficient (Wildman–Crippen LogP) is 3.25. The number of ether oxygens (including phenoxy) is 1. The van der Waals surface area contributed by atoms with Gasteiger partial charge >= 0.3 is 5.97 Å². The molecule has 0 bridgehead atoms. The Morgan fingerprint density at radius 2 is 1.79 bits per heavy atom. The topological polar surface area (TPSA) is 93.2 Å². The molecular formula is C21H20N4O3. The number of carbonyl (C=O) groups is 2. The maximum atomic E-state index is 12.5. The average Bonchev–Trinajstić information content (AvgIpc) is 2.73. The number of nitrogens with zero attached hydrogens (tertiary/aromatic N) is 2. The number of amides is 1. The summed E-state index contributed by atoms with van der Waals surface area (Å²) in [5, 5.41) is 5.82. The van der Waals surface area contributed by atoms with Gasteiger partial charge in [0.05, 0.1) is 18.4 Å². The molecule has 2 aromatic carbocycles. The summed E-state index contributed by atoms with van der Waals surface area (Å²) >= 11 is 0. The van der Waals surface area contributed by atoms with Crippen LogP contribution in [0.5, 0.6) is 0 Å². The maximum absolute atomic E-state index is 12.5. The number of carbonyl (C=O) groups excluding carboxylic acids is 2. The van der Waals surface area contributed by atoms with Crippen molar-refractivity contribution in [3.05, 3.63) is 83.2 Å². The van der Waals surface area contributed by atoms with E-state index in [1.807, 2.05) is 31.2 Å². The van der Waals surface area contributed by atoms with Gasteiger partial charge in [-0.1, -0.05) is 36.4 Å². The lowest BCUT2D eigenvalue weighted by molar-refractivity contribution is 0.0601. The van der Waals surface area contributed by atoms with Crippen molar-refractivity contribution < 1.29 is 14.3 Å². The molecule has 0 spiro atoms. The molecule has 0 fully saturated rings. The summed E-state index contributed by atoms with van der Waals surface area (Å²) in [5.41, 5.74) is 3.21. The standard InChI is InChI=1S/C21H20N4O3/c1-14-7-3-4-8-15(14)13-23-19(26)18-11-12-22-21(25-18)24-17-10-6-5-9-16(17)20(27)28-2/h3-12H,13H2,1-2H3,(H,23,26)(H,22,24,25). The van der Waals surface area contributed by atoms with Crippen molar-refractivity contribution in [3.63, 3.8) is 0 Å². The van der Waals surface area contributed by atoms with Gasteiger partial charge in [0.2, 0.25) is 5.95 Å². The number of rotatable bonds is 6. The van der Waals surface area contributed by atoms with Crippen molar-refractivity contribution in [3.8, 4) is 0 Å². The van der Waals surface area contributed by atoms with Gasteiger partial charge in [0.25, 0.3) is 5.91 Å². The Bertz CT molecular complexity index is 1000. The van der Waals surface area contributed by atoms with Crippen LogP contribution in [-0.2, 0) is 11.3 Å². The minimum Gasteiger partial charge on any atom is -0.465 e. The molecule has 1 amide bonds. The van der Waals surface area contributed by atoms with Gasteiger partial charge in [0.1, 0.15) is 5.69 Å². The van der Waals surface area contributed by atoms with E-state index in [0.29, 0.717) is 17.8 Å². The van der Waals surface area contributed by atoms with Crippen LogP contribution in [0.25, 0.3) is 0 Å². The van der Waals surface area contributed by atoms with Crippen molar-refractivity contribution in [1.29, 1.82) is 0 Å². The zero-order chi connectivity index (χ0) is 19.9. The second-order valence-electron chi connectivity index (χ2n) is 6.04. The first kappa shape index (κ1) is 19.0. The van der Waals surface area contributed by atoms with Gasteiger partial charge in [-0.2, -0.15) is 0 Å². The number of nitrogens with one attached hydrogen (secondary N) is 2. The number of anilines is 2. The van der Waals surface area contributed by atoms with Crippen LogP contribution in [0.15, 0.2) is 60.8 Å². The normalized spacial score (nSPS) is 10.2. The van der Waals surface area contributed by atoms with Crippen LogP contribution in [0, 0.1) is 6.92 Å². The lowest BCUT2D eigenvalue weighted by atomic mass is 10.1. The number of hydrogen-bond acceptors (Lipinski definition) is 6. The molecule has 0 radical (unpaired) electrons. The van der Waals surface area contributed by atoms with Crippen molar-refractivity contribution >= 4 is 23.5 Å². The molecule has 1 aromatic heterocycles. The Morgan fingerprint density at radius 1 is 1.04 bits per heavy atom. The first-order valence-corrected chi connectivity index (χ1v) is 8.68. The van der Waals surface area contributed by atoms with E-state index >= 15 is 0 Å². The molecule has 28 heavy (non-hydrogen) atoms. The van der Waals surface area contributed by atoms with E-state index in [-0.39, 0.29) is 17.5 Å². The fourth-order valence-corrected chi connectivity index (χ4v) is 2.62. The van der Waals surface area contributed by atoms with Gasteiger partial charge in [-0.15, -0.1) is 0 Å². The molecule has 0 aliphatic rings. The second-order valence-corrected chi connectivity index (χ2v) is 6.04. The van der Waals surface area contributed by atoms with Crippen LogP contribution in [0.3, 0.4) is 0 Å². The third-order valence-electron chi connectivity index (χ3n) is 4.17. The minimum absolute atomic E-state index is 0.208. The summed E-state index contributed by atoms with van der Waals surface area (Å²) in [5.74, 6) is -0.579. The van der Waals surface area contributed by atoms with Gasteiger partial charge in [-0.3, -0.25) is 4.79 Å². The van der Waals surface area contributed by atoms with Crippen molar-refractivity contribution in [1.82, 2.24) is 15.3 Å². The molecule has 3 aromatic rings. The lowest BCUT2D eigenvalue weighted by Gasteiger charge is -2.10. The average molecular weight is 376 g/mol. The number of methoxy groups -OCH3 is 1. The lowest BCUT2D eigenvalue weighted by Crippen LogP contribution is -2.24. The van der Waals surface area contributed by atoms with Gasteiger partial charge in [-0.05, 0) is 36.2 Å². The number of para-hydroxylation sites is 1. The molecule has 7 heteroatoms. The van der Waals surface area contributed by atoms with Gasteiger partial charge in [-0.25, -0.2) is 14.8 Å². The quantitative estimate of drug-likeness (QED) is 0.642. The van der Waals surface area contributed by atoms with E-state index in [1.54, 1.807) is 24.3 Å². The van der Waals surface area contributed by atoms with Crippen LogP contribution in [0.4, 0.5) is 11.6 Å².